The third-order valence-corrected chi connectivity index (χ3v) is 6.49. The van der Waals surface area contributed by atoms with Crippen LogP contribution in [0.15, 0.2) is 80.8 Å². The number of nitrogens with zero attached hydrogens (tertiary/aromatic N) is 3. The van der Waals surface area contributed by atoms with E-state index in [-0.39, 0.29) is 23.1 Å². The summed E-state index contributed by atoms with van der Waals surface area (Å²) in [5.74, 6) is 1.49. The summed E-state index contributed by atoms with van der Waals surface area (Å²) in [7, 11) is -3.89. The zero-order valence-corrected chi connectivity index (χ0v) is 17.6. The van der Waals surface area contributed by atoms with Gasteiger partial charge in [-0.1, -0.05) is 29.8 Å². The van der Waals surface area contributed by atoms with Gasteiger partial charge in [-0.15, -0.1) is 0 Å². The van der Waals surface area contributed by atoms with E-state index in [1.807, 2.05) is 30.3 Å². The lowest BCUT2D eigenvalue weighted by atomic mass is 10.2. The molecular formula is C21H18ClN3O4S. The average Bonchev–Trinajstić information content (AvgIpc) is 3.38. The van der Waals surface area contributed by atoms with Crippen molar-refractivity contribution in [1.82, 2.24) is 14.3 Å². The Balaban J connectivity index is 1.69. The Labute approximate surface area is 179 Å². The van der Waals surface area contributed by atoms with E-state index < -0.39 is 10.0 Å². The summed E-state index contributed by atoms with van der Waals surface area (Å²) in [6.07, 6.45) is 2.73. The monoisotopic (exact) mass is 443 g/mol. The highest BCUT2D eigenvalue weighted by molar-refractivity contribution is 7.89. The van der Waals surface area contributed by atoms with Gasteiger partial charge in [-0.05, 0) is 43.3 Å². The van der Waals surface area contributed by atoms with Crippen molar-refractivity contribution in [2.24, 2.45) is 0 Å². The van der Waals surface area contributed by atoms with Crippen molar-refractivity contribution >= 4 is 21.6 Å². The van der Waals surface area contributed by atoms with E-state index in [4.69, 9.17) is 20.4 Å². The number of oxazole rings is 1. The molecule has 0 spiro atoms. The molecule has 4 aromatic rings. The highest BCUT2D eigenvalue weighted by Crippen LogP contribution is 2.26. The van der Waals surface area contributed by atoms with Crippen LogP contribution in [0.4, 0.5) is 0 Å². The fourth-order valence-electron chi connectivity index (χ4n) is 2.91. The van der Waals surface area contributed by atoms with Crippen LogP contribution in [0.25, 0.3) is 11.5 Å². The van der Waals surface area contributed by atoms with Crippen LogP contribution in [0.5, 0.6) is 0 Å². The summed E-state index contributed by atoms with van der Waals surface area (Å²) in [4.78, 5) is 8.46. The molecule has 3 heterocycles. The molecule has 0 unspecified atom stereocenters. The number of hydrogen-bond donors (Lipinski definition) is 0. The Hall–Kier alpha value is -2.94. The Morgan fingerprint density at radius 2 is 1.83 bits per heavy atom. The Morgan fingerprint density at radius 1 is 1.03 bits per heavy atom. The van der Waals surface area contributed by atoms with E-state index in [1.165, 1.54) is 28.9 Å². The lowest BCUT2D eigenvalue weighted by molar-refractivity contribution is 0.354. The number of halogens is 1. The van der Waals surface area contributed by atoms with Gasteiger partial charge in [0.15, 0.2) is 0 Å². The minimum absolute atomic E-state index is 0.00776. The minimum Gasteiger partial charge on any atom is -0.468 e. The molecule has 0 aliphatic rings. The van der Waals surface area contributed by atoms with Gasteiger partial charge in [-0.25, -0.2) is 18.4 Å². The van der Waals surface area contributed by atoms with E-state index >= 15 is 0 Å². The SMILES string of the molecule is Cc1oc(-c2ccccc2)nc1CN(Cc1ccco1)S(=O)(=O)c1ccc(Cl)nc1. The molecule has 0 aliphatic carbocycles. The number of benzene rings is 1. The first-order valence-corrected chi connectivity index (χ1v) is 10.9. The van der Waals surface area contributed by atoms with E-state index in [2.05, 4.69) is 9.97 Å². The summed E-state index contributed by atoms with van der Waals surface area (Å²) in [5, 5.41) is 0.214. The maximum Gasteiger partial charge on any atom is 0.245 e. The molecule has 0 amide bonds. The predicted octanol–water partition coefficient (Wildman–Crippen LogP) is 4.68. The first kappa shape index (κ1) is 20.3. The molecule has 4 rings (SSSR count). The van der Waals surface area contributed by atoms with Gasteiger partial charge >= 0.3 is 0 Å². The van der Waals surface area contributed by atoms with Crippen molar-refractivity contribution in [3.63, 3.8) is 0 Å². The quantitative estimate of drug-likeness (QED) is 0.385. The fraction of sp³-hybridized carbons (Fsp3) is 0.143. The molecular weight excluding hydrogens is 426 g/mol. The lowest BCUT2D eigenvalue weighted by Crippen LogP contribution is -2.30. The van der Waals surface area contributed by atoms with E-state index in [0.717, 1.165) is 5.56 Å². The van der Waals surface area contributed by atoms with Crippen LogP contribution in [0.2, 0.25) is 5.15 Å². The highest BCUT2D eigenvalue weighted by atomic mass is 35.5. The van der Waals surface area contributed by atoms with Gasteiger partial charge in [-0.2, -0.15) is 4.31 Å². The maximum absolute atomic E-state index is 13.3. The second-order valence-electron chi connectivity index (χ2n) is 6.56. The fourth-order valence-corrected chi connectivity index (χ4v) is 4.34. The summed E-state index contributed by atoms with van der Waals surface area (Å²) in [6, 6.07) is 15.7. The highest BCUT2D eigenvalue weighted by Gasteiger charge is 2.28. The zero-order chi connectivity index (χ0) is 21.1. The first-order valence-electron chi connectivity index (χ1n) is 9.09. The van der Waals surface area contributed by atoms with Crippen LogP contribution >= 0.6 is 11.6 Å². The Morgan fingerprint density at radius 3 is 2.50 bits per heavy atom. The number of pyridine rings is 1. The molecule has 0 aliphatic heterocycles. The minimum atomic E-state index is -3.89. The molecule has 9 heteroatoms. The molecule has 1 aromatic carbocycles. The van der Waals surface area contributed by atoms with E-state index in [0.29, 0.717) is 23.1 Å². The standard InChI is InChI=1S/C21H18ClN3O4S/c1-15-19(24-21(29-15)16-6-3-2-4-7-16)14-25(13-17-8-5-11-28-17)30(26,27)18-9-10-20(22)23-12-18/h2-12H,13-14H2,1H3. The van der Waals surface area contributed by atoms with Gasteiger partial charge in [0, 0.05) is 11.8 Å². The Kier molecular flexibility index (Phi) is 5.72. The van der Waals surface area contributed by atoms with Gasteiger partial charge in [0.25, 0.3) is 0 Å². The number of furan rings is 1. The zero-order valence-electron chi connectivity index (χ0n) is 16.0. The third-order valence-electron chi connectivity index (χ3n) is 4.49. The number of hydrogen-bond acceptors (Lipinski definition) is 6. The van der Waals surface area contributed by atoms with Crippen molar-refractivity contribution in [1.29, 1.82) is 0 Å². The van der Waals surface area contributed by atoms with Gasteiger partial charge in [0.1, 0.15) is 21.6 Å². The van der Waals surface area contributed by atoms with Crippen LogP contribution in [-0.4, -0.2) is 22.7 Å². The number of aryl methyl sites for hydroxylation is 1. The van der Waals surface area contributed by atoms with Crippen molar-refractivity contribution in [2.45, 2.75) is 24.9 Å². The second kappa shape index (κ2) is 8.43. The first-order chi connectivity index (χ1) is 14.4. The van der Waals surface area contributed by atoms with Crippen LogP contribution in [0, 0.1) is 6.92 Å². The third kappa shape index (κ3) is 4.30. The second-order valence-corrected chi connectivity index (χ2v) is 8.88. The Bertz CT molecular complexity index is 1220. The topological polar surface area (TPSA) is 89.4 Å². The average molecular weight is 444 g/mol. The molecule has 0 fully saturated rings. The molecule has 0 atom stereocenters. The predicted molar refractivity (Wildman–Crippen MR) is 111 cm³/mol. The van der Waals surface area contributed by atoms with Crippen LogP contribution < -0.4 is 0 Å². The van der Waals surface area contributed by atoms with Crippen molar-refractivity contribution in [3.8, 4) is 11.5 Å². The largest absolute Gasteiger partial charge is 0.468 e. The summed E-state index contributed by atoms with van der Waals surface area (Å²) >= 11 is 5.81. The summed E-state index contributed by atoms with van der Waals surface area (Å²) in [6.45, 7) is 1.80. The molecule has 0 N–H and O–H groups in total. The van der Waals surface area contributed by atoms with Crippen LogP contribution in [0.3, 0.4) is 0 Å². The van der Waals surface area contributed by atoms with Gasteiger partial charge < -0.3 is 8.83 Å². The van der Waals surface area contributed by atoms with Gasteiger partial charge in [-0.3, -0.25) is 0 Å². The number of rotatable bonds is 7. The molecule has 0 saturated carbocycles. The van der Waals surface area contributed by atoms with Crippen molar-refractivity contribution < 1.29 is 17.3 Å². The van der Waals surface area contributed by atoms with Crippen LogP contribution in [0.1, 0.15) is 17.2 Å². The van der Waals surface area contributed by atoms with Crippen molar-refractivity contribution in [3.05, 3.63) is 89.4 Å². The summed E-state index contributed by atoms with van der Waals surface area (Å²) in [5.41, 5.74) is 1.33. The number of sulfonamides is 1. The normalized spacial score (nSPS) is 11.8. The summed E-state index contributed by atoms with van der Waals surface area (Å²) < 4.78 is 39.0. The van der Waals surface area contributed by atoms with Crippen molar-refractivity contribution in [2.75, 3.05) is 0 Å². The van der Waals surface area contributed by atoms with Gasteiger partial charge in [0.2, 0.25) is 15.9 Å². The van der Waals surface area contributed by atoms with E-state index in [9.17, 15) is 8.42 Å². The molecule has 0 radical (unpaired) electrons. The van der Waals surface area contributed by atoms with Crippen LogP contribution in [-0.2, 0) is 23.1 Å². The molecule has 30 heavy (non-hydrogen) atoms. The van der Waals surface area contributed by atoms with E-state index in [1.54, 1.807) is 19.1 Å². The molecule has 154 valence electrons. The molecule has 0 saturated heterocycles. The smallest absolute Gasteiger partial charge is 0.245 e. The molecule has 3 aromatic heterocycles. The van der Waals surface area contributed by atoms with Gasteiger partial charge in [0.05, 0.1) is 25.0 Å². The maximum atomic E-state index is 13.3. The lowest BCUT2D eigenvalue weighted by Gasteiger charge is -2.20. The number of aromatic nitrogens is 2. The molecule has 7 nitrogen and oxygen atoms in total. The molecule has 0 bridgehead atoms.